The van der Waals surface area contributed by atoms with Crippen molar-refractivity contribution in [1.29, 1.82) is 0 Å². The van der Waals surface area contributed by atoms with Gasteiger partial charge < -0.3 is 59.4 Å². The second-order valence-corrected chi connectivity index (χ2v) is 25.3. The number of ether oxygens (including phenoxy) is 3. The third-order valence-corrected chi connectivity index (χ3v) is 17.8. The molecule has 528 valence electrons. The van der Waals surface area contributed by atoms with Crippen molar-refractivity contribution in [2.75, 3.05) is 118 Å². The SMILES string of the molecule is Cc1cc(C)c2c(c1)CC(=N/OCC(=O)N1CCNCC1)/C=C/CC/C=C/CCOC2=O.Cc1cc(C)c2c(c1Cl)CC(=N/OCC(=O)N1CCNCC1)/C=C/CC/C=C/CCOC2=O.Cc1cc(C)c2c(c1Cl)CC(=N\OCC(=O)N1CCNCC1)/C=C/CC/C=C/CCOC2=O. The maximum Gasteiger partial charge on any atom is 0.338 e. The van der Waals surface area contributed by atoms with E-state index in [0.717, 1.165) is 117 Å². The average Bonchev–Trinajstić information content (AvgIpc) is 0.817. The van der Waals surface area contributed by atoms with Crippen LogP contribution in [0.2, 0.25) is 10.0 Å². The maximum absolute atomic E-state index is 12.9. The molecule has 3 fully saturated rings. The van der Waals surface area contributed by atoms with E-state index in [1.54, 1.807) is 14.7 Å². The molecule has 23 heteroatoms. The number of piperazine rings is 3. The van der Waals surface area contributed by atoms with E-state index in [9.17, 15) is 28.8 Å². The largest absolute Gasteiger partial charge is 0.462 e. The molecule has 0 unspecified atom stereocenters. The zero-order chi connectivity index (χ0) is 70.0. The van der Waals surface area contributed by atoms with Gasteiger partial charge in [-0.3, -0.25) is 14.4 Å². The Morgan fingerprint density at radius 3 is 1.07 bits per heavy atom. The summed E-state index contributed by atoms with van der Waals surface area (Å²) in [4.78, 5) is 97.4. The molecule has 3 N–H and O–H groups in total. The van der Waals surface area contributed by atoms with Gasteiger partial charge in [-0.15, -0.1) is 0 Å². The maximum atomic E-state index is 12.9. The van der Waals surface area contributed by atoms with Gasteiger partial charge in [0.25, 0.3) is 17.7 Å². The first kappa shape index (κ1) is 77.1. The minimum atomic E-state index is -0.395. The van der Waals surface area contributed by atoms with Gasteiger partial charge in [0.15, 0.2) is 19.8 Å². The summed E-state index contributed by atoms with van der Waals surface area (Å²) in [5.41, 5.74) is 10.8. The molecule has 3 amide bonds. The number of benzene rings is 3. The third-order valence-electron chi connectivity index (χ3n) is 16.7. The van der Waals surface area contributed by atoms with Crippen LogP contribution in [0.1, 0.15) is 139 Å². The number of hydrogen-bond donors (Lipinski definition) is 3. The smallest absolute Gasteiger partial charge is 0.338 e. The van der Waals surface area contributed by atoms with Crippen molar-refractivity contribution in [1.82, 2.24) is 30.7 Å². The topological polar surface area (TPSA) is 241 Å². The van der Waals surface area contributed by atoms with Crippen molar-refractivity contribution in [3.8, 4) is 0 Å². The molecule has 9 rings (SSSR count). The molecule has 0 radical (unpaired) electrons. The summed E-state index contributed by atoms with van der Waals surface area (Å²) in [6, 6.07) is 7.75. The van der Waals surface area contributed by atoms with Crippen molar-refractivity contribution in [2.45, 2.75) is 119 Å². The molecule has 0 spiro atoms. The summed E-state index contributed by atoms with van der Waals surface area (Å²) in [5.74, 6) is -1.36. The summed E-state index contributed by atoms with van der Waals surface area (Å²) in [7, 11) is 0. The van der Waals surface area contributed by atoms with Gasteiger partial charge in [0, 0.05) is 108 Å². The standard InChI is InChI=1S/2C25H32ClN3O4.C25H33N3O4/c2*1-18-15-19(2)24(26)21-16-20(28-33-17-22(30)29-12-10-27-11-13-29)9-7-5-3-4-6-8-14-32-25(31)23(18)21;1-19-15-20(2)24-21(16-19)17-22(9-7-5-3-4-6-8-14-31-25(24)30)27-32-18-23(29)28-12-10-26-11-13-28/h2*4,6-7,9,15,27H,3,5,8,10-14,16-17H2,1-2H3;4,6-7,9,15-16,26H,3,5,8,10-14,17-18H2,1-2H3/b6-4+,9-7+,28-20+;6-4+,9-7+,28-20-;6-4+,9-7+,27-22+. The highest BCUT2D eigenvalue weighted by Gasteiger charge is 2.26. The van der Waals surface area contributed by atoms with Crippen LogP contribution in [0.15, 0.2) is 113 Å². The van der Waals surface area contributed by atoms with E-state index < -0.39 is 11.9 Å². The first-order valence-electron chi connectivity index (χ1n) is 34.1. The van der Waals surface area contributed by atoms with Crippen LogP contribution < -0.4 is 16.0 Å². The molecule has 0 bridgehead atoms. The molecular formula is C75H97Cl2N9O12. The molecule has 0 atom stereocenters. The summed E-state index contributed by atoms with van der Waals surface area (Å²) < 4.78 is 16.5. The number of carbonyl (C=O) groups excluding carboxylic acids is 6. The molecule has 3 aromatic carbocycles. The molecule has 6 aliphatic heterocycles. The van der Waals surface area contributed by atoms with Crippen molar-refractivity contribution >= 4 is 76.0 Å². The summed E-state index contributed by atoms with van der Waals surface area (Å²) >= 11 is 13.3. The molecule has 6 heterocycles. The second kappa shape index (κ2) is 41.9. The van der Waals surface area contributed by atoms with Gasteiger partial charge in [0.05, 0.1) is 53.6 Å². The third kappa shape index (κ3) is 25.3. The molecule has 3 aromatic rings. The molecule has 21 nitrogen and oxygen atoms in total. The lowest BCUT2D eigenvalue weighted by molar-refractivity contribution is -0.137. The fourth-order valence-electron chi connectivity index (χ4n) is 11.7. The van der Waals surface area contributed by atoms with Crippen LogP contribution in [0, 0.1) is 41.5 Å². The number of amides is 3. The van der Waals surface area contributed by atoms with Gasteiger partial charge in [-0.05, 0) is 162 Å². The van der Waals surface area contributed by atoms with Gasteiger partial charge in [0.1, 0.15) is 0 Å². The number of aryl methyl sites for hydroxylation is 6. The molecule has 0 aliphatic carbocycles. The van der Waals surface area contributed by atoms with E-state index in [1.165, 1.54) is 0 Å². The Kier molecular flexibility index (Phi) is 33.0. The van der Waals surface area contributed by atoms with Gasteiger partial charge in [0.2, 0.25) is 0 Å². The predicted octanol–water partition coefficient (Wildman–Crippen LogP) is 10.6. The average molecular weight is 1390 g/mol. The number of rotatable bonds is 9. The van der Waals surface area contributed by atoms with Gasteiger partial charge in [-0.25, -0.2) is 14.4 Å². The quantitative estimate of drug-likeness (QED) is 0.0781. The Bertz CT molecular complexity index is 3370. The van der Waals surface area contributed by atoms with Gasteiger partial charge in [-0.1, -0.05) is 123 Å². The number of esters is 3. The van der Waals surface area contributed by atoms with Crippen LogP contribution in [0.5, 0.6) is 0 Å². The van der Waals surface area contributed by atoms with Crippen molar-refractivity contribution in [3.05, 3.63) is 174 Å². The zero-order valence-corrected chi connectivity index (χ0v) is 59.3. The summed E-state index contributed by atoms with van der Waals surface area (Å²) in [6.45, 7) is 20.8. The minimum absolute atomic E-state index is 0.0680. The number of nitrogens with one attached hydrogen (secondary N) is 3. The van der Waals surface area contributed by atoms with Gasteiger partial charge in [-0.2, -0.15) is 0 Å². The fraction of sp³-hybridized carbons (Fsp3) is 0.480. The van der Waals surface area contributed by atoms with E-state index in [2.05, 4.69) is 55.7 Å². The first-order valence-corrected chi connectivity index (χ1v) is 34.9. The number of oxime groups is 3. The van der Waals surface area contributed by atoms with Crippen LogP contribution in [-0.4, -0.2) is 186 Å². The Hall–Kier alpha value is -8.21. The van der Waals surface area contributed by atoms with Gasteiger partial charge >= 0.3 is 17.9 Å². The normalized spacial score (nSPS) is 21.1. The highest BCUT2D eigenvalue weighted by molar-refractivity contribution is 6.33. The highest BCUT2D eigenvalue weighted by Crippen LogP contribution is 2.31. The van der Waals surface area contributed by atoms with Crippen LogP contribution in [0.3, 0.4) is 0 Å². The fourth-order valence-corrected chi connectivity index (χ4v) is 12.2. The summed E-state index contributed by atoms with van der Waals surface area (Å²) in [5, 5.41) is 23.5. The van der Waals surface area contributed by atoms with E-state index in [1.807, 2.05) is 114 Å². The molecule has 0 aromatic heterocycles. The first-order chi connectivity index (χ1) is 47.5. The zero-order valence-electron chi connectivity index (χ0n) is 57.8. The lowest BCUT2D eigenvalue weighted by Gasteiger charge is -2.26. The minimum Gasteiger partial charge on any atom is -0.462 e. The highest BCUT2D eigenvalue weighted by atomic mass is 35.5. The lowest BCUT2D eigenvalue weighted by Crippen LogP contribution is -2.47. The van der Waals surface area contributed by atoms with E-state index in [-0.39, 0.29) is 43.5 Å². The van der Waals surface area contributed by atoms with Crippen LogP contribution in [-0.2, 0) is 62.4 Å². The van der Waals surface area contributed by atoms with E-state index >= 15 is 0 Å². The monoisotopic (exact) mass is 1390 g/mol. The Morgan fingerprint density at radius 2 is 0.714 bits per heavy atom. The predicted molar refractivity (Wildman–Crippen MR) is 385 cm³/mol. The molecule has 98 heavy (non-hydrogen) atoms. The number of hydrogen-bond acceptors (Lipinski definition) is 18. The van der Waals surface area contributed by atoms with Crippen molar-refractivity contribution in [3.63, 3.8) is 0 Å². The van der Waals surface area contributed by atoms with Crippen LogP contribution in [0.25, 0.3) is 0 Å². The van der Waals surface area contributed by atoms with Crippen molar-refractivity contribution < 1.29 is 57.5 Å². The number of cyclic esters (lactones) is 3. The van der Waals surface area contributed by atoms with Crippen LogP contribution in [0.4, 0.5) is 0 Å². The number of fused-ring (bicyclic) bond motifs is 3. The summed E-state index contributed by atoms with van der Waals surface area (Å²) in [6.07, 6.45) is 32.3. The number of carbonyl (C=O) groups is 6. The van der Waals surface area contributed by atoms with Crippen molar-refractivity contribution in [2.24, 2.45) is 15.5 Å². The molecule has 0 saturated carbocycles. The number of halogens is 2. The van der Waals surface area contributed by atoms with E-state index in [4.69, 9.17) is 51.9 Å². The van der Waals surface area contributed by atoms with Crippen LogP contribution >= 0.6 is 23.2 Å². The Morgan fingerprint density at radius 1 is 0.408 bits per heavy atom. The number of nitrogens with zero attached hydrogens (tertiary/aromatic N) is 6. The number of allylic oxidation sites excluding steroid dienone is 9. The molecular weight excluding hydrogens is 1290 g/mol. The van der Waals surface area contributed by atoms with E-state index in [0.29, 0.717) is 153 Å². The molecule has 6 aliphatic rings. The molecule has 3 saturated heterocycles. The Labute approximate surface area is 587 Å². The lowest BCUT2D eigenvalue weighted by atomic mass is 9.94. The Balaban J connectivity index is 0.000000207. The second-order valence-electron chi connectivity index (χ2n) is 24.6.